The van der Waals surface area contributed by atoms with E-state index in [-0.39, 0.29) is 18.0 Å². The molecule has 4 nitrogen and oxygen atoms in total. The van der Waals surface area contributed by atoms with Crippen LogP contribution < -0.4 is 10.6 Å². The minimum Gasteiger partial charge on any atom is -0.389 e. The van der Waals surface area contributed by atoms with Crippen molar-refractivity contribution in [1.29, 1.82) is 0 Å². The number of aliphatic hydroxyl groups is 1. The highest BCUT2D eigenvalue weighted by Crippen LogP contribution is 2.12. The van der Waals surface area contributed by atoms with E-state index < -0.39 is 5.60 Å². The van der Waals surface area contributed by atoms with Crippen molar-refractivity contribution >= 4 is 5.91 Å². The fraction of sp³-hybridized carbons (Fsp3) is 0.917. The van der Waals surface area contributed by atoms with Crippen LogP contribution in [0.2, 0.25) is 0 Å². The van der Waals surface area contributed by atoms with E-state index in [1.54, 1.807) is 0 Å². The first kappa shape index (κ1) is 15.4. The summed E-state index contributed by atoms with van der Waals surface area (Å²) >= 11 is 0. The van der Waals surface area contributed by atoms with Gasteiger partial charge in [0.1, 0.15) is 0 Å². The van der Waals surface area contributed by atoms with Crippen molar-refractivity contribution < 1.29 is 9.90 Å². The summed E-state index contributed by atoms with van der Waals surface area (Å²) in [6, 6.07) is -0.125. The Morgan fingerprint density at radius 1 is 1.25 bits per heavy atom. The van der Waals surface area contributed by atoms with Crippen LogP contribution >= 0.6 is 0 Å². The highest BCUT2D eigenvalue weighted by molar-refractivity contribution is 5.81. The second kappa shape index (κ2) is 6.86. The van der Waals surface area contributed by atoms with Gasteiger partial charge in [-0.1, -0.05) is 13.8 Å². The summed E-state index contributed by atoms with van der Waals surface area (Å²) in [5.41, 5.74) is -0.702. The van der Waals surface area contributed by atoms with Gasteiger partial charge in [-0.2, -0.15) is 0 Å². The molecule has 0 spiro atoms. The molecule has 1 amide bonds. The zero-order valence-corrected chi connectivity index (χ0v) is 11.1. The Bertz CT molecular complexity index is 213. The van der Waals surface area contributed by atoms with E-state index in [0.717, 1.165) is 0 Å². The van der Waals surface area contributed by atoms with E-state index >= 15 is 0 Å². The molecule has 16 heavy (non-hydrogen) atoms. The molecule has 0 aromatic carbocycles. The van der Waals surface area contributed by atoms with Crippen LogP contribution in [0.15, 0.2) is 0 Å². The van der Waals surface area contributed by atoms with E-state index in [9.17, 15) is 9.90 Å². The van der Waals surface area contributed by atoms with Gasteiger partial charge in [-0.25, -0.2) is 0 Å². The first-order chi connectivity index (χ1) is 7.34. The van der Waals surface area contributed by atoms with Gasteiger partial charge in [-0.05, 0) is 33.6 Å². The van der Waals surface area contributed by atoms with Crippen molar-refractivity contribution in [3.05, 3.63) is 0 Å². The van der Waals surface area contributed by atoms with Gasteiger partial charge in [0.25, 0.3) is 0 Å². The van der Waals surface area contributed by atoms with Crippen LogP contribution in [0.4, 0.5) is 0 Å². The molecule has 4 heteroatoms. The predicted octanol–water partition coefficient (Wildman–Crippen LogP) is 1.04. The van der Waals surface area contributed by atoms with Crippen molar-refractivity contribution in [2.75, 3.05) is 6.54 Å². The van der Waals surface area contributed by atoms with Crippen molar-refractivity contribution in [3.8, 4) is 0 Å². The molecule has 0 saturated heterocycles. The fourth-order valence-corrected chi connectivity index (χ4v) is 1.35. The lowest BCUT2D eigenvalue weighted by molar-refractivity contribution is -0.123. The van der Waals surface area contributed by atoms with Gasteiger partial charge in [-0.15, -0.1) is 0 Å². The van der Waals surface area contributed by atoms with E-state index in [4.69, 9.17) is 0 Å². The molecule has 0 heterocycles. The monoisotopic (exact) mass is 230 g/mol. The third-order valence-electron chi connectivity index (χ3n) is 2.88. The number of nitrogens with one attached hydrogen (secondary N) is 2. The molecule has 0 aromatic heterocycles. The smallest absolute Gasteiger partial charge is 0.237 e. The summed E-state index contributed by atoms with van der Waals surface area (Å²) < 4.78 is 0. The Morgan fingerprint density at radius 2 is 1.75 bits per heavy atom. The van der Waals surface area contributed by atoms with Gasteiger partial charge >= 0.3 is 0 Å². The number of hydrogen-bond acceptors (Lipinski definition) is 3. The first-order valence-electron chi connectivity index (χ1n) is 6.10. The summed E-state index contributed by atoms with van der Waals surface area (Å²) in [6.07, 6.45) is 1.38. The summed E-state index contributed by atoms with van der Waals surface area (Å²) in [5, 5.41) is 15.9. The van der Waals surface area contributed by atoms with Crippen molar-refractivity contribution in [2.45, 2.75) is 65.1 Å². The molecule has 0 saturated carbocycles. The average molecular weight is 230 g/mol. The van der Waals surface area contributed by atoms with E-state index in [2.05, 4.69) is 10.6 Å². The van der Waals surface area contributed by atoms with Gasteiger partial charge in [0.2, 0.25) is 5.91 Å². The summed E-state index contributed by atoms with van der Waals surface area (Å²) in [4.78, 5) is 11.6. The van der Waals surface area contributed by atoms with Crippen LogP contribution in [0, 0.1) is 0 Å². The maximum Gasteiger partial charge on any atom is 0.237 e. The number of hydrogen-bond donors (Lipinski definition) is 3. The summed E-state index contributed by atoms with van der Waals surface area (Å²) in [5.74, 6) is -0.0236. The lowest BCUT2D eigenvalue weighted by Gasteiger charge is -2.27. The third-order valence-corrected chi connectivity index (χ3v) is 2.88. The minimum absolute atomic E-state index is 0.0236. The number of carbonyl (C=O) groups excluding carboxylic acids is 1. The highest BCUT2D eigenvalue weighted by atomic mass is 16.3. The minimum atomic E-state index is -0.702. The molecule has 0 aliphatic heterocycles. The molecule has 0 aliphatic carbocycles. The largest absolute Gasteiger partial charge is 0.389 e. The van der Waals surface area contributed by atoms with Crippen molar-refractivity contribution in [1.82, 2.24) is 10.6 Å². The number of amides is 1. The maximum absolute atomic E-state index is 11.6. The van der Waals surface area contributed by atoms with Crippen LogP contribution in [0.5, 0.6) is 0 Å². The molecule has 3 N–H and O–H groups in total. The zero-order chi connectivity index (χ0) is 12.8. The molecular weight excluding hydrogens is 204 g/mol. The summed E-state index contributed by atoms with van der Waals surface area (Å²) in [6.45, 7) is 10.0. The average Bonchev–Trinajstić information content (AvgIpc) is 2.24. The van der Waals surface area contributed by atoms with Crippen LogP contribution in [-0.4, -0.2) is 35.2 Å². The number of carbonyl (C=O) groups is 1. The quantitative estimate of drug-likeness (QED) is 0.612. The van der Waals surface area contributed by atoms with Crippen LogP contribution in [0.1, 0.15) is 47.5 Å². The zero-order valence-electron chi connectivity index (χ0n) is 11.1. The molecule has 0 radical (unpaired) electrons. The van der Waals surface area contributed by atoms with Crippen LogP contribution in [-0.2, 0) is 4.79 Å². The molecule has 0 fully saturated rings. The van der Waals surface area contributed by atoms with Crippen molar-refractivity contribution in [2.24, 2.45) is 0 Å². The molecule has 0 rings (SSSR count). The second-order valence-electron chi connectivity index (χ2n) is 4.70. The van der Waals surface area contributed by atoms with Gasteiger partial charge in [0.15, 0.2) is 0 Å². The van der Waals surface area contributed by atoms with Gasteiger partial charge in [0, 0.05) is 12.6 Å². The second-order valence-corrected chi connectivity index (χ2v) is 4.70. The molecule has 0 aliphatic rings. The standard InChI is InChI=1S/C12H26N2O2/c1-6-12(16,7-2)8-13-10(5)11(15)14-9(3)4/h9-10,13,16H,6-8H2,1-5H3,(H,14,15). The van der Waals surface area contributed by atoms with Gasteiger partial charge in [-0.3, -0.25) is 4.79 Å². The van der Waals surface area contributed by atoms with Crippen LogP contribution in [0.25, 0.3) is 0 Å². The lowest BCUT2D eigenvalue weighted by Crippen LogP contribution is -2.49. The van der Waals surface area contributed by atoms with E-state index in [1.807, 2.05) is 34.6 Å². The first-order valence-corrected chi connectivity index (χ1v) is 6.10. The van der Waals surface area contributed by atoms with E-state index in [1.165, 1.54) is 0 Å². The Balaban J connectivity index is 4.05. The van der Waals surface area contributed by atoms with Gasteiger partial charge in [0.05, 0.1) is 11.6 Å². The normalized spacial score (nSPS) is 13.9. The highest BCUT2D eigenvalue weighted by Gasteiger charge is 2.24. The topological polar surface area (TPSA) is 61.4 Å². The Kier molecular flexibility index (Phi) is 6.60. The third kappa shape index (κ3) is 5.47. The lowest BCUT2D eigenvalue weighted by atomic mass is 9.97. The van der Waals surface area contributed by atoms with Crippen molar-refractivity contribution in [3.63, 3.8) is 0 Å². The number of rotatable bonds is 7. The fourth-order valence-electron chi connectivity index (χ4n) is 1.35. The summed E-state index contributed by atoms with van der Waals surface area (Å²) in [7, 11) is 0. The molecule has 0 bridgehead atoms. The predicted molar refractivity (Wildman–Crippen MR) is 66.3 cm³/mol. The molecule has 96 valence electrons. The van der Waals surface area contributed by atoms with Gasteiger partial charge < -0.3 is 15.7 Å². The molecule has 0 aromatic rings. The SMILES string of the molecule is CCC(O)(CC)CNC(C)C(=O)NC(C)C. The Labute approximate surface area is 98.8 Å². The maximum atomic E-state index is 11.6. The molecule has 1 atom stereocenters. The Morgan fingerprint density at radius 3 is 2.12 bits per heavy atom. The Hall–Kier alpha value is -0.610. The van der Waals surface area contributed by atoms with Crippen LogP contribution in [0.3, 0.4) is 0 Å². The van der Waals surface area contributed by atoms with E-state index in [0.29, 0.717) is 19.4 Å². The molecular formula is C12H26N2O2. The molecule has 1 unspecified atom stereocenters.